The van der Waals surface area contributed by atoms with Gasteiger partial charge < -0.3 is 67.6 Å². The van der Waals surface area contributed by atoms with Gasteiger partial charge in [0.25, 0.3) is 5.91 Å². The van der Waals surface area contributed by atoms with Crippen LogP contribution >= 0.6 is 35.8 Å². The number of ketones is 2. The maximum atomic E-state index is 13.7. The molecule has 0 radical (unpaired) electrons. The zero-order valence-corrected chi connectivity index (χ0v) is 37.8. The van der Waals surface area contributed by atoms with E-state index in [4.69, 9.17) is 22.1 Å². The van der Waals surface area contributed by atoms with Crippen molar-refractivity contribution in [3.05, 3.63) is 46.2 Å². The molecule has 352 valence electrons. The van der Waals surface area contributed by atoms with Crippen molar-refractivity contribution in [3.8, 4) is 5.75 Å². The quantitative estimate of drug-likeness (QED) is 0.101. The molecule has 1 aromatic rings. The topological polar surface area (TPSA) is 347 Å². The Labute approximate surface area is 375 Å². The van der Waals surface area contributed by atoms with E-state index in [1.165, 1.54) is 36.8 Å². The van der Waals surface area contributed by atoms with Gasteiger partial charge in [-0.15, -0.1) is 35.8 Å². The van der Waals surface area contributed by atoms with E-state index >= 15 is 0 Å². The lowest BCUT2D eigenvalue weighted by Gasteiger charge is -2.53. The molecular weight excluding hydrogens is 879 g/mol. The normalized spacial score (nSPS) is 35.1. The molecule has 2 heterocycles. The molecule has 1 saturated carbocycles. The van der Waals surface area contributed by atoms with Crippen molar-refractivity contribution in [2.45, 2.75) is 111 Å². The Morgan fingerprint density at radius 2 is 1.69 bits per heavy atom. The molecule has 19 nitrogen and oxygen atoms in total. The number of thioether (sulfide) groups is 1. The van der Waals surface area contributed by atoms with E-state index in [0.717, 1.165) is 25.8 Å². The molecule has 2 amide bonds. The summed E-state index contributed by atoms with van der Waals surface area (Å²) in [5.41, 5.74) is 0.766. The summed E-state index contributed by atoms with van der Waals surface area (Å²) in [6, 6.07) is 2.20. The lowest BCUT2D eigenvalue weighted by molar-refractivity contribution is -0.205. The maximum absolute atomic E-state index is 13.7. The largest absolute Gasteiger partial charge is 0.508 e. The highest BCUT2D eigenvalue weighted by atomic mass is 35.5. The number of phenols is 1. The van der Waals surface area contributed by atoms with Gasteiger partial charge in [-0.1, -0.05) is 32.4 Å². The van der Waals surface area contributed by atoms with Crippen LogP contribution in [0, 0.1) is 17.8 Å². The minimum absolute atomic E-state index is 0. The van der Waals surface area contributed by atoms with E-state index in [1.807, 2.05) is 11.9 Å². The second-order valence-electron chi connectivity index (χ2n) is 16.5. The third-order valence-corrected chi connectivity index (χ3v) is 13.8. The fraction of sp³-hybridized carbons (Fsp3) is 0.650. The number of amides is 2. The number of aliphatic hydroxyl groups excluding tert-OH is 6. The Morgan fingerprint density at radius 3 is 2.23 bits per heavy atom. The number of primary amides is 1. The van der Waals surface area contributed by atoms with E-state index in [1.54, 1.807) is 32.2 Å². The van der Waals surface area contributed by atoms with Gasteiger partial charge in [0.15, 0.2) is 11.4 Å². The minimum Gasteiger partial charge on any atom is -0.508 e. The number of benzene rings is 1. The monoisotopic (exact) mass is 940 g/mol. The Morgan fingerprint density at radius 1 is 1.08 bits per heavy atom. The molecular formula is C40H62Cl2N4O15S. The van der Waals surface area contributed by atoms with Crippen LogP contribution in [0.25, 0.3) is 5.76 Å². The summed E-state index contributed by atoms with van der Waals surface area (Å²) in [5, 5.41) is 87.9. The van der Waals surface area contributed by atoms with Gasteiger partial charge in [0, 0.05) is 18.0 Å². The number of Topliss-reactive ketones (excluding diaryl/α,β-unsaturated/α-hetero) is 2. The molecule has 0 aromatic heterocycles. The Hall–Kier alpha value is -3.09. The summed E-state index contributed by atoms with van der Waals surface area (Å²) < 4.78 is 5.79. The number of aliphatic hydroxyl groups is 7. The molecule has 6 rings (SSSR count). The minimum atomic E-state index is -2.89. The van der Waals surface area contributed by atoms with Crippen LogP contribution in [0.3, 0.4) is 0 Å². The van der Waals surface area contributed by atoms with Gasteiger partial charge >= 0.3 is 0 Å². The fourth-order valence-electron chi connectivity index (χ4n) is 9.69. The molecule has 22 heteroatoms. The van der Waals surface area contributed by atoms with Gasteiger partial charge in [-0.25, -0.2) is 0 Å². The van der Waals surface area contributed by atoms with Crippen LogP contribution in [-0.4, -0.2) is 184 Å². The van der Waals surface area contributed by atoms with Gasteiger partial charge in [0.1, 0.15) is 52.7 Å². The average molecular weight is 942 g/mol. The SMILES string of the molecule is CCC[C@@H]1C[C@@H](C(=O)N[C@@H]([C@H]2O[C@H](SC)[C@H](O)[C@@H](O)[C@H]2O)[C@H](C)Cl)N(C)C1.C[C@H]1c2cccc(O)c2C(O)=C2C(=O)[C@]3(O)C(O)=C(C(N)=O)C(=O)[C@@H](N(C)C)[C@@H]3[C@@H](O)[C@@H]21.Cl.O.O. The number of nitrogens with one attached hydrogen (secondary N) is 1. The number of nitrogens with zero attached hydrogens (tertiary/aromatic N) is 2. The lowest BCUT2D eigenvalue weighted by atomic mass is 9.54. The zero-order valence-electron chi connectivity index (χ0n) is 35.4. The van der Waals surface area contributed by atoms with Crippen molar-refractivity contribution >= 4 is 64.9 Å². The number of likely N-dealkylation sites (N-methyl/N-ethyl adjacent to an activating group) is 2. The number of nitrogens with two attached hydrogens (primary N) is 1. The van der Waals surface area contributed by atoms with Crippen LogP contribution < -0.4 is 11.1 Å². The molecule has 0 bridgehead atoms. The first-order valence-electron chi connectivity index (χ1n) is 19.6. The molecule has 1 aromatic carbocycles. The second-order valence-corrected chi connectivity index (χ2v) is 18.1. The molecule has 0 unspecified atom stereocenters. The first-order valence-corrected chi connectivity index (χ1v) is 21.3. The molecule has 5 aliphatic rings. The molecule has 0 spiro atoms. The van der Waals surface area contributed by atoms with E-state index < -0.39 is 117 Å². The number of rotatable bonds is 9. The van der Waals surface area contributed by atoms with Crippen LogP contribution in [-0.2, 0) is 23.9 Å². The number of aromatic hydroxyl groups is 1. The summed E-state index contributed by atoms with van der Waals surface area (Å²) in [4.78, 5) is 54.9. The number of halogens is 2. The van der Waals surface area contributed by atoms with Crippen molar-refractivity contribution in [2.75, 3.05) is 33.9 Å². The van der Waals surface area contributed by atoms with Crippen LogP contribution in [0.4, 0.5) is 0 Å². The smallest absolute Gasteiger partial charge is 0.255 e. The van der Waals surface area contributed by atoms with Crippen molar-refractivity contribution in [1.82, 2.24) is 15.1 Å². The Balaban J connectivity index is 0.000000413. The Bertz CT molecular complexity index is 1890. The summed E-state index contributed by atoms with van der Waals surface area (Å²) in [6.45, 7) is 6.42. The van der Waals surface area contributed by atoms with Crippen molar-refractivity contribution in [2.24, 2.45) is 23.5 Å². The predicted molar refractivity (Wildman–Crippen MR) is 232 cm³/mol. The highest BCUT2D eigenvalue weighted by molar-refractivity contribution is 7.99. The molecule has 2 aliphatic heterocycles. The summed E-state index contributed by atoms with van der Waals surface area (Å²) >= 11 is 7.55. The van der Waals surface area contributed by atoms with E-state index in [0.29, 0.717) is 11.5 Å². The van der Waals surface area contributed by atoms with Crippen LogP contribution in [0.2, 0.25) is 0 Å². The number of fused-ring (bicyclic) bond motifs is 3. The van der Waals surface area contributed by atoms with Crippen LogP contribution in [0.15, 0.2) is 35.1 Å². The maximum Gasteiger partial charge on any atom is 0.255 e. The van der Waals surface area contributed by atoms with Crippen LogP contribution in [0.5, 0.6) is 5.75 Å². The van der Waals surface area contributed by atoms with Crippen molar-refractivity contribution in [1.29, 1.82) is 0 Å². The lowest BCUT2D eigenvalue weighted by Crippen LogP contribution is -2.70. The molecule has 15 atom stereocenters. The van der Waals surface area contributed by atoms with E-state index in [2.05, 4.69) is 12.2 Å². The predicted octanol–water partition coefficient (Wildman–Crippen LogP) is -1.34. The number of phenolic OH excluding ortho intramolecular Hbond substituents is 1. The standard InChI is InChI=1S/C22H24N2O8.C18H33ClN2O5S.ClH.2H2O/c1-7-8-5-4-6-9(25)11(8)16(26)12-10(7)17(27)14-15(24(2)3)18(28)13(21(23)31)20(30)22(14,32)19(12)29;1-5-6-10-7-11(21(3)8-10)17(25)20-12(9(2)19)16-14(23)13(22)15(24)18(26-16)27-4;;;/h4-7,10,14-15,17,25-27,30,32H,1-3H3,(H2,23,31);9-16,18,22-24H,5-8H2,1-4H3,(H,20,25);1H;2*1H2/t7-,10+,14+,15-,17-,22-;9-,10+,11-,12+,13-,14+,15+,16+,18+;;;/m00.../s1. The fourth-order valence-corrected chi connectivity index (χ4v) is 10.6. The summed E-state index contributed by atoms with van der Waals surface area (Å²) in [6.07, 6.45) is -1.69. The highest BCUT2D eigenvalue weighted by Crippen LogP contribution is 2.56. The molecule has 3 fully saturated rings. The number of ether oxygens (including phenoxy) is 1. The summed E-state index contributed by atoms with van der Waals surface area (Å²) in [7, 11) is 4.86. The number of hydrogen-bond acceptors (Lipinski definition) is 16. The average Bonchev–Trinajstić information content (AvgIpc) is 3.54. The van der Waals surface area contributed by atoms with Gasteiger partial charge in [-0.05, 0) is 70.6 Å². The number of alkyl halides is 1. The molecule has 15 N–H and O–H groups in total. The first kappa shape index (κ1) is 55.0. The van der Waals surface area contributed by atoms with Gasteiger partial charge in [0.2, 0.25) is 11.7 Å². The third kappa shape index (κ3) is 9.35. The van der Waals surface area contributed by atoms with Crippen molar-refractivity contribution in [3.63, 3.8) is 0 Å². The molecule has 2 saturated heterocycles. The number of hydrogen-bond donors (Lipinski definition) is 10. The molecule has 3 aliphatic carbocycles. The van der Waals surface area contributed by atoms with Crippen LogP contribution in [0.1, 0.15) is 57.1 Å². The van der Waals surface area contributed by atoms with Gasteiger partial charge in [-0.2, -0.15) is 0 Å². The van der Waals surface area contributed by atoms with Gasteiger partial charge in [-0.3, -0.25) is 29.0 Å². The third-order valence-electron chi connectivity index (χ3n) is 12.6. The number of likely N-dealkylation sites (tertiary alicyclic amines) is 1. The highest BCUT2D eigenvalue weighted by Gasteiger charge is 2.68. The van der Waals surface area contributed by atoms with Crippen molar-refractivity contribution < 1.29 is 75.7 Å². The van der Waals surface area contributed by atoms with Gasteiger partial charge in [0.05, 0.1) is 41.1 Å². The second kappa shape index (κ2) is 21.3. The number of carbonyl (C=O) groups is 4. The van der Waals surface area contributed by atoms with E-state index in [-0.39, 0.29) is 46.6 Å². The Kier molecular flexibility index (Phi) is 18.9. The first-order chi connectivity index (χ1) is 27.6. The number of carbonyl (C=O) groups excluding carboxylic acids is 4. The zero-order chi connectivity index (χ0) is 44.2. The molecule has 62 heavy (non-hydrogen) atoms. The van der Waals surface area contributed by atoms with E-state index in [9.17, 15) is 60.0 Å². The summed E-state index contributed by atoms with van der Waals surface area (Å²) in [5.74, 6) is -8.52.